The lowest BCUT2D eigenvalue weighted by Crippen LogP contribution is -2.28. The normalized spacial score (nSPS) is 19.3. The highest BCUT2D eigenvalue weighted by atomic mass is 32.1. The van der Waals surface area contributed by atoms with Gasteiger partial charge in [0.2, 0.25) is 16.9 Å². The van der Waals surface area contributed by atoms with E-state index in [-0.39, 0.29) is 18.2 Å². The third kappa shape index (κ3) is 3.59. The van der Waals surface area contributed by atoms with Gasteiger partial charge >= 0.3 is 0 Å². The third-order valence-electron chi connectivity index (χ3n) is 4.77. The van der Waals surface area contributed by atoms with Crippen molar-refractivity contribution in [2.45, 2.75) is 25.2 Å². The van der Waals surface area contributed by atoms with Crippen molar-refractivity contribution in [2.24, 2.45) is 5.92 Å². The van der Waals surface area contributed by atoms with Gasteiger partial charge in [-0.3, -0.25) is 9.59 Å². The number of methoxy groups -OCH3 is 2. The third-order valence-corrected chi connectivity index (χ3v) is 5.77. The van der Waals surface area contributed by atoms with E-state index in [1.807, 2.05) is 0 Å². The lowest BCUT2D eigenvalue weighted by atomic mass is 10.1. The fourth-order valence-corrected chi connectivity index (χ4v) is 4.03. The molecule has 0 radical (unpaired) electrons. The molecule has 1 unspecified atom stereocenters. The Kier molecular flexibility index (Phi) is 4.69. The van der Waals surface area contributed by atoms with E-state index < -0.39 is 5.92 Å². The van der Waals surface area contributed by atoms with Gasteiger partial charge in [-0.1, -0.05) is 11.3 Å². The van der Waals surface area contributed by atoms with E-state index in [9.17, 15) is 9.59 Å². The zero-order chi connectivity index (χ0) is 19.0. The van der Waals surface area contributed by atoms with E-state index in [0.29, 0.717) is 34.8 Å². The van der Waals surface area contributed by atoms with Crippen molar-refractivity contribution in [1.29, 1.82) is 0 Å². The summed E-state index contributed by atoms with van der Waals surface area (Å²) in [5.41, 5.74) is 0.630. The van der Waals surface area contributed by atoms with Crippen molar-refractivity contribution in [2.75, 3.05) is 31.0 Å². The highest BCUT2D eigenvalue weighted by Gasteiger charge is 2.37. The molecule has 1 atom stereocenters. The number of nitrogens with zero attached hydrogens (tertiary/aromatic N) is 3. The van der Waals surface area contributed by atoms with Crippen LogP contribution >= 0.6 is 11.3 Å². The second-order valence-electron chi connectivity index (χ2n) is 6.65. The molecule has 2 heterocycles. The molecule has 27 heavy (non-hydrogen) atoms. The Hall–Kier alpha value is -2.68. The first-order valence-electron chi connectivity index (χ1n) is 8.75. The maximum Gasteiger partial charge on any atom is 0.231 e. The summed E-state index contributed by atoms with van der Waals surface area (Å²) < 4.78 is 10.6. The van der Waals surface area contributed by atoms with Crippen LogP contribution in [-0.2, 0) is 9.59 Å². The highest BCUT2D eigenvalue weighted by Crippen LogP contribution is 2.42. The van der Waals surface area contributed by atoms with Crippen molar-refractivity contribution in [1.82, 2.24) is 10.2 Å². The number of rotatable bonds is 6. The number of nitrogens with one attached hydrogen (secondary N) is 1. The van der Waals surface area contributed by atoms with Gasteiger partial charge in [-0.05, 0) is 25.0 Å². The minimum Gasteiger partial charge on any atom is -0.497 e. The van der Waals surface area contributed by atoms with Crippen LogP contribution in [0.15, 0.2) is 18.2 Å². The van der Waals surface area contributed by atoms with Crippen LogP contribution in [0.25, 0.3) is 0 Å². The Morgan fingerprint density at radius 2 is 2.07 bits per heavy atom. The predicted molar refractivity (Wildman–Crippen MR) is 101 cm³/mol. The smallest absolute Gasteiger partial charge is 0.231 e. The average Bonchev–Trinajstić information content (AvgIpc) is 3.31. The molecule has 1 aliphatic heterocycles. The number of carbonyl (C=O) groups excluding carboxylic acids is 2. The molecule has 1 aromatic heterocycles. The van der Waals surface area contributed by atoms with Crippen molar-refractivity contribution in [3.05, 3.63) is 23.2 Å². The largest absolute Gasteiger partial charge is 0.497 e. The molecular formula is C18H20N4O4S. The van der Waals surface area contributed by atoms with Gasteiger partial charge in [0.1, 0.15) is 16.5 Å². The number of aromatic nitrogens is 2. The van der Waals surface area contributed by atoms with E-state index >= 15 is 0 Å². The van der Waals surface area contributed by atoms with E-state index in [1.165, 1.54) is 18.4 Å². The molecule has 1 N–H and O–H groups in total. The number of carbonyl (C=O) groups is 2. The van der Waals surface area contributed by atoms with E-state index in [1.54, 1.807) is 30.2 Å². The van der Waals surface area contributed by atoms with Gasteiger partial charge in [0, 0.05) is 24.9 Å². The van der Waals surface area contributed by atoms with Gasteiger partial charge in [-0.2, -0.15) is 0 Å². The number of anilines is 2. The van der Waals surface area contributed by atoms with Crippen LogP contribution in [0, 0.1) is 5.92 Å². The van der Waals surface area contributed by atoms with Crippen LogP contribution in [0.4, 0.5) is 10.8 Å². The molecule has 1 saturated carbocycles. The van der Waals surface area contributed by atoms with Gasteiger partial charge in [0.15, 0.2) is 0 Å². The monoisotopic (exact) mass is 388 g/mol. The molecule has 1 saturated heterocycles. The fourth-order valence-electron chi connectivity index (χ4n) is 3.11. The molecule has 8 nitrogen and oxygen atoms in total. The molecule has 142 valence electrons. The molecule has 2 aliphatic rings. The Bertz CT molecular complexity index is 880. The number of hydrogen-bond acceptors (Lipinski definition) is 7. The molecule has 4 rings (SSSR count). The van der Waals surface area contributed by atoms with Gasteiger partial charge in [-0.25, -0.2) is 0 Å². The van der Waals surface area contributed by atoms with Gasteiger partial charge in [0.05, 0.1) is 25.8 Å². The Labute approximate surface area is 160 Å². The minimum atomic E-state index is -0.447. The first-order chi connectivity index (χ1) is 13.1. The fraction of sp³-hybridized carbons (Fsp3) is 0.444. The maximum atomic E-state index is 12.6. The molecule has 2 amide bonds. The van der Waals surface area contributed by atoms with Crippen molar-refractivity contribution in [3.8, 4) is 11.5 Å². The van der Waals surface area contributed by atoms with E-state index in [2.05, 4.69) is 15.5 Å². The topological polar surface area (TPSA) is 93.6 Å². The first kappa shape index (κ1) is 17.7. The standard InChI is InChI=1S/C18H20N4O4S/c1-25-12-5-6-13(14(8-12)26-2)22-9-11(7-15(22)23)16(24)19-18-21-20-17(27-18)10-3-4-10/h5-6,8,10-11H,3-4,7,9H2,1-2H3,(H,19,21,24). The van der Waals surface area contributed by atoms with E-state index in [0.717, 1.165) is 17.8 Å². The number of ether oxygens (including phenoxy) is 2. The zero-order valence-electron chi connectivity index (χ0n) is 15.1. The van der Waals surface area contributed by atoms with Crippen LogP contribution < -0.4 is 19.7 Å². The maximum absolute atomic E-state index is 12.6. The second kappa shape index (κ2) is 7.15. The summed E-state index contributed by atoms with van der Waals surface area (Å²) in [6.07, 6.45) is 2.42. The molecule has 9 heteroatoms. The van der Waals surface area contributed by atoms with Crippen molar-refractivity contribution < 1.29 is 19.1 Å². The molecule has 1 aromatic carbocycles. The Morgan fingerprint density at radius 3 is 2.78 bits per heavy atom. The minimum absolute atomic E-state index is 0.116. The summed E-state index contributed by atoms with van der Waals surface area (Å²) in [7, 11) is 3.11. The quantitative estimate of drug-likeness (QED) is 0.817. The molecular weight excluding hydrogens is 368 g/mol. The Morgan fingerprint density at radius 1 is 1.26 bits per heavy atom. The van der Waals surface area contributed by atoms with Gasteiger partial charge in [0.25, 0.3) is 0 Å². The van der Waals surface area contributed by atoms with Crippen LogP contribution in [0.3, 0.4) is 0 Å². The highest BCUT2D eigenvalue weighted by molar-refractivity contribution is 7.15. The first-order valence-corrected chi connectivity index (χ1v) is 9.57. The number of amides is 2. The van der Waals surface area contributed by atoms with Crippen molar-refractivity contribution >= 4 is 34.0 Å². The van der Waals surface area contributed by atoms with Gasteiger partial charge in [-0.15, -0.1) is 10.2 Å². The summed E-state index contributed by atoms with van der Waals surface area (Å²) in [4.78, 5) is 26.7. The molecule has 0 spiro atoms. The zero-order valence-corrected chi connectivity index (χ0v) is 15.9. The second-order valence-corrected chi connectivity index (χ2v) is 7.66. The molecule has 0 bridgehead atoms. The summed E-state index contributed by atoms with van der Waals surface area (Å²) in [5, 5.41) is 12.4. The van der Waals surface area contributed by atoms with E-state index in [4.69, 9.17) is 9.47 Å². The number of hydrogen-bond donors (Lipinski definition) is 1. The lowest BCUT2D eigenvalue weighted by Gasteiger charge is -2.20. The van der Waals surface area contributed by atoms with Crippen LogP contribution in [0.2, 0.25) is 0 Å². The molecule has 2 fully saturated rings. The summed E-state index contributed by atoms with van der Waals surface area (Å²) >= 11 is 1.41. The molecule has 2 aromatic rings. The number of benzene rings is 1. The van der Waals surface area contributed by atoms with Crippen LogP contribution in [-0.4, -0.2) is 42.8 Å². The summed E-state index contributed by atoms with van der Waals surface area (Å²) in [5.74, 6) is 0.893. The average molecular weight is 388 g/mol. The van der Waals surface area contributed by atoms with Crippen LogP contribution in [0.5, 0.6) is 11.5 Å². The predicted octanol–water partition coefficient (Wildman–Crippen LogP) is 2.42. The van der Waals surface area contributed by atoms with Crippen molar-refractivity contribution in [3.63, 3.8) is 0 Å². The SMILES string of the molecule is COc1ccc(N2CC(C(=O)Nc3nnc(C4CC4)s3)CC2=O)c(OC)c1. The summed E-state index contributed by atoms with van der Waals surface area (Å²) in [6.45, 7) is 0.293. The lowest BCUT2D eigenvalue weighted by molar-refractivity contribution is -0.122. The summed E-state index contributed by atoms with van der Waals surface area (Å²) in [6, 6.07) is 5.25. The molecule has 1 aliphatic carbocycles. The Balaban J connectivity index is 1.45. The van der Waals surface area contributed by atoms with Gasteiger partial charge < -0.3 is 19.7 Å². The van der Waals surface area contributed by atoms with Crippen LogP contribution in [0.1, 0.15) is 30.2 Å².